The van der Waals surface area contributed by atoms with Gasteiger partial charge in [0.1, 0.15) is 6.04 Å². The zero-order valence-electron chi connectivity index (χ0n) is 11.8. The van der Waals surface area contributed by atoms with E-state index in [2.05, 4.69) is 0 Å². The summed E-state index contributed by atoms with van der Waals surface area (Å²) in [6.07, 6.45) is 0.154. The molecule has 0 spiro atoms. The number of ketones is 1. The van der Waals surface area contributed by atoms with E-state index in [1.54, 1.807) is 4.90 Å². The van der Waals surface area contributed by atoms with Crippen molar-refractivity contribution in [2.45, 2.75) is 38.0 Å². The van der Waals surface area contributed by atoms with Gasteiger partial charge in [-0.25, -0.2) is 5.84 Å². The average molecular weight is 283 g/mol. The number of carbonyl (C=O) groups is 3. The minimum atomic E-state index is -1.16. The Hall–Kier alpha value is -1.51. The maximum Gasteiger partial charge on any atom is 0.261 e. The number of likely N-dealkylation sites (N-methyl/N-ethyl adjacent to an activating group) is 1. The third-order valence-electron chi connectivity index (χ3n) is 3.97. The predicted molar refractivity (Wildman–Crippen MR) is 70.8 cm³/mol. The zero-order chi connectivity index (χ0) is 15.0. The third-order valence-corrected chi connectivity index (χ3v) is 3.97. The van der Waals surface area contributed by atoms with Crippen LogP contribution >= 0.6 is 0 Å². The lowest BCUT2D eigenvalue weighted by Gasteiger charge is -2.38. The Balaban J connectivity index is 2.12. The van der Waals surface area contributed by atoms with Crippen molar-refractivity contribution in [2.75, 3.05) is 20.1 Å². The highest BCUT2D eigenvalue weighted by Gasteiger charge is 2.45. The SMILES string of the molecule is CC(=O)C(N)N(N)C(=O)C1CCC2CN(C)CC(=O)N21. The van der Waals surface area contributed by atoms with Gasteiger partial charge in [-0.3, -0.25) is 24.3 Å². The van der Waals surface area contributed by atoms with Crippen LogP contribution in [-0.2, 0) is 14.4 Å². The van der Waals surface area contributed by atoms with Crippen LogP contribution in [0.2, 0.25) is 0 Å². The molecule has 8 nitrogen and oxygen atoms in total. The second-order valence-electron chi connectivity index (χ2n) is 5.55. The van der Waals surface area contributed by atoms with Gasteiger partial charge in [0.15, 0.2) is 11.9 Å². The minimum absolute atomic E-state index is 0.0390. The number of rotatable bonds is 3. The van der Waals surface area contributed by atoms with Crippen molar-refractivity contribution in [3.8, 4) is 0 Å². The lowest BCUT2D eigenvalue weighted by molar-refractivity contribution is -0.151. The number of fused-ring (bicyclic) bond motifs is 1. The van der Waals surface area contributed by atoms with Gasteiger partial charge in [0.25, 0.3) is 5.91 Å². The lowest BCUT2D eigenvalue weighted by Crippen LogP contribution is -2.62. The van der Waals surface area contributed by atoms with E-state index in [4.69, 9.17) is 11.6 Å². The summed E-state index contributed by atoms with van der Waals surface area (Å²) in [7, 11) is 1.88. The van der Waals surface area contributed by atoms with Gasteiger partial charge in [0.05, 0.1) is 6.54 Å². The Labute approximate surface area is 117 Å². The fourth-order valence-electron chi connectivity index (χ4n) is 2.92. The van der Waals surface area contributed by atoms with Crippen LogP contribution in [0.5, 0.6) is 0 Å². The number of nitrogens with two attached hydrogens (primary N) is 2. The Kier molecular flexibility index (Phi) is 4.07. The molecule has 2 saturated heterocycles. The van der Waals surface area contributed by atoms with Crippen LogP contribution in [0.3, 0.4) is 0 Å². The summed E-state index contributed by atoms with van der Waals surface area (Å²) in [4.78, 5) is 39.2. The van der Waals surface area contributed by atoms with Gasteiger partial charge >= 0.3 is 0 Å². The summed E-state index contributed by atoms with van der Waals surface area (Å²) in [5.41, 5.74) is 5.57. The Bertz CT molecular complexity index is 441. The molecule has 2 aliphatic rings. The van der Waals surface area contributed by atoms with Gasteiger partial charge in [-0.15, -0.1) is 0 Å². The monoisotopic (exact) mass is 283 g/mol. The summed E-state index contributed by atoms with van der Waals surface area (Å²) in [5, 5.41) is 0.751. The molecule has 2 amide bonds. The number of Topliss-reactive ketones (excluding diaryl/α,β-unsaturated/α-hetero) is 1. The molecule has 20 heavy (non-hydrogen) atoms. The molecular weight excluding hydrogens is 262 g/mol. The van der Waals surface area contributed by atoms with E-state index in [0.717, 1.165) is 18.0 Å². The normalized spacial score (nSPS) is 28.2. The topological polar surface area (TPSA) is 113 Å². The van der Waals surface area contributed by atoms with Gasteiger partial charge in [-0.2, -0.15) is 0 Å². The first kappa shape index (κ1) is 14.9. The molecule has 112 valence electrons. The molecule has 4 N–H and O–H groups in total. The molecule has 0 aromatic rings. The summed E-state index contributed by atoms with van der Waals surface area (Å²) in [5.74, 6) is 4.69. The highest BCUT2D eigenvalue weighted by atomic mass is 16.2. The first-order chi connectivity index (χ1) is 9.32. The predicted octanol–water partition coefficient (Wildman–Crippen LogP) is -2.13. The number of hydrogen-bond acceptors (Lipinski definition) is 6. The minimum Gasteiger partial charge on any atom is -0.325 e. The van der Waals surface area contributed by atoms with E-state index in [1.807, 2.05) is 11.9 Å². The van der Waals surface area contributed by atoms with E-state index in [0.29, 0.717) is 13.0 Å². The van der Waals surface area contributed by atoms with E-state index < -0.39 is 18.1 Å². The molecular formula is C12H21N5O3. The molecule has 0 radical (unpaired) electrons. The highest BCUT2D eigenvalue weighted by Crippen LogP contribution is 2.28. The van der Waals surface area contributed by atoms with Crippen molar-refractivity contribution >= 4 is 17.6 Å². The van der Waals surface area contributed by atoms with Gasteiger partial charge < -0.3 is 10.6 Å². The van der Waals surface area contributed by atoms with Crippen LogP contribution in [0.15, 0.2) is 0 Å². The van der Waals surface area contributed by atoms with Crippen LogP contribution in [-0.4, -0.2) is 70.8 Å². The summed E-state index contributed by atoms with van der Waals surface area (Å²) < 4.78 is 0. The largest absolute Gasteiger partial charge is 0.325 e. The Morgan fingerprint density at radius 1 is 1.40 bits per heavy atom. The van der Waals surface area contributed by atoms with Crippen molar-refractivity contribution in [2.24, 2.45) is 11.6 Å². The first-order valence-electron chi connectivity index (χ1n) is 6.66. The number of piperazine rings is 1. The molecule has 3 unspecified atom stereocenters. The number of carbonyl (C=O) groups excluding carboxylic acids is 3. The molecule has 2 heterocycles. The molecule has 2 rings (SSSR count). The zero-order valence-corrected chi connectivity index (χ0v) is 11.8. The maximum absolute atomic E-state index is 12.3. The second-order valence-corrected chi connectivity index (χ2v) is 5.55. The van der Waals surface area contributed by atoms with Crippen molar-refractivity contribution in [1.82, 2.24) is 14.8 Å². The van der Waals surface area contributed by atoms with E-state index in [9.17, 15) is 14.4 Å². The van der Waals surface area contributed by atoms with Crippen LogP contribution in [0.4, 0.5) is 0 Å². The molecule has 8 heteroatoms. The fourth-order valence-corrected chi connectivity index (χ4v) is 2.92. The van der Waals surface area contributed by atoms with Crippen molar-refractivity contribution in [1.29, 1.82) is 0 Å². The van der Waals surface area contributed by atoms with Crippen LogP contribution in [0.25, 0.3) is 0 Å². The molecule has 3 atom stereocenters. The number of nitrogens with zero attached hydrogens (tertiary/aromatic N) is 3. The highest BCUT2D eigenvalue weighted by molar-refractivity contribution is 5.92. The average Bonchev–Trinajstić information content (AvgIpc) is 2.79. The molecule has 2 aliphatic heterocycles. The van der Waals surface area contributed by atoms with Crippen molar-refractivity contribution in [3.05, 3.63) is 0 Å². The summed E-state index contributed by atoms with van der Waals surface area (Å²) in [6, 6.07) is -0.561. The van der Waals surface area contributed by atoms with Gasteiger partial charge in [0.2, 0.25) is 5.91 Å². The molecule has 0 aromatic heterocycles. The van der Waals surface area contributed by atoms with Crippen molar-refractivity contribution in [3.63, 3.8) is 0 Å². The van der Waals surface area contributed by atoms with Gasteiger partial charge in [-0.1, -0.05) is 0 Å². The number of hydrazine groups is 1. The van der Waals surface area contributed by atoms with Crippen molar-refractivity contribution < 1.29 is 14.4 Å². The van der Waals surface area contributed by atoms with Gasteiger partial charge in [-0.05, 0) is 26.8 Å². The number of amides is 2. The summed E-state index contributed by atoms with van der Waals surface area (Å²) >= 11 is 0. The van der Waals surface area contributed by atoms with E-state index >= 15 is 0 Å². The third kappa shape index (κ3) is 2.54. The second kappa shape index (κ2) is 5.47. The maximum atomic E-state index is 12.3. The van der Waals surface area contributed by atoms with Gasteiger partial charge in [0, 0.05) is 12.6 Å². The van der Waals surface area contributed by atoms with Crippen LogP contribution < -0.4 is 11.6 Å². The molecule has 0 aromatic carbocycles. The van der Waals surface area contributed by atoms with E-state index in [1.165, 1.54) is 6.92 Å². The Morgan fingerprint density at radius 3 is 2.65 bits per heavy atom. The molecule has 0 bridgehead atoms. The first-order valence-corrected chi connectivity index (χ1v) is 6.66. The smallest absolute Gasteiger partial charge is 0.261 e. The molecule has 2 fully saturated rings. The Morgan fingerprint density at radius 2 is 2.05 bits per heavy atom. The van der Waals surface area contributed by atoms with Crippen LogP contribution in [0.1, 0.15) is 19.8 Å². The lowest BCUT2D eigenvalue weighted by atomic mass is 10.1. The molecule has 0 saturated carbocycles. The molecule has 0 aliphatic carbocycles. The summed E-state index contributed by atoms with van der Waals surface area (Å²) in [6.45, 7) is 2.32. The fraction of sp³-hybridized carbons (Fsp3) is 0.750. The van der Waals surface area contributed by atoms with E-state index in [-0.39, 0.29) is 17.7 Å². The van der Waals surface area contributed by atoms with Crippen LogP contribution in [0, 0.1) is 0 Å². The quantitative estimate of drug-likeness (QED) is 0.265. The number of hydrogen-bond donors (Lipinski definition) is 2. The standard InChI is InChI=1S/C12H21N5O3/c1-7(18)11(13)17(14)12(20)9-4-3-8-5-15(2)6-10(19)16(8)9/h8-9,11H,3-6,13-14H2,1-2H3.